The van der Waals surface area contributed by atoms with E-state index in [2.05, 4.69) is 5.43 Å². The molecule has 0 radical (unpaired) electrons. The number of aromatic nitrogens is 2. The Hall–Kier alpha value is -2.04. The van der Waals surface area contributed by atoms with Crippen LogP contribution in [0.25, 0.3) is 5.69 Å². The molecule has 2 aromatic rings. The van der Waals surface area contributed by atoms with Crippen molar-refractivity contribution >= 4 is 43.2 Å². The van der Waals surface area contributed by atoms with Crippen LogP contribution in [0.15, 0.2) is 27.8 Å². The lowest BCUT2D eigenvalue weighted by atomic mass is 10.1. The molecule has 0 saturated heterocycles. The Bertz CT molecular complexity index is 1170. The van der Waals surface area contributed by atoms with Gasteiger partial charge in [0, 0.05) is 33.3 Å². The largest absolute Gasteiger partial charge is 0.431 e. The second-order valence-electron chi connectivity index (χ2n) is 7.05. The summed E-state index contributed by atoms with van der Waals surface area (Å²) in [6.45, 7) is 3.73. The molecule has 34 heavy (non-hydrogen) atoms. The van der Waals surface area contributed by atoms with Crippen LogP contribution in [-0.4, -0.2) is 44.7 Å². The monoisotopic (exact) mass is 547 g/mol. The van der Waals surface area contributed by atoms with Crippen LogP contribution in [-0.2, 0) is 17.5 Å². The van der Waals surface area contributed by atoms with E-state index in [0.717, 1.165) is 25.3 Å². The summed E-state index contributed by atoms with van der Waals surface area (Å²) in [6.07, 6.45) is -4.98. The fourth-order valence-electron chi connectivity index (χ4n) is 2.41. The Kier molecular flexibility index (Phi) is 10.2. The Balaban J connectivity index is 0.00000578. The summed E-state index contributed by atoms with van der Waals surface area (Å²) in [4.78, 5) is 37.3. The standard InChI is InChI=1S/C18H20ClF4N5O4S.H2S/c1-9(2)26(4)32-33-27(5)24-16(30)10-6-13(12(20)7-11(10)19)28-15(29)8-14(18(21,22)23)25(3)17(28)31;/h6-9H,1-5H3,(H,24,30);1H2. The summed E-state index contributed by atoms with van der Waals surface area (Å²) < 4.78 is 60.5. The van der Waals surface area contributed by atoms with E-state index in [1.165, 1.54) is 16.5 Å². The first-order valence-corrected chi connectivity index (χ1v) is 10.2. The highest BCUT2D eigenvalue weighted by Crippen LogP contribution is 2.27. The third-order valence-corrected chi connectivity index (χ3v) is 5.31. The molecule has 0 aliphatic rings. The van der Waals surface area contributed by atoms with Gasteiger partial charge < -0.3 is 0 Å². The number of alkyl halides is 3. The van der Waals surface area contributed by atoms with Crippen LogP contribution in [0.1, 0.15) is 29.9 Å². The van der Waals surface area contributed by atoms with Crippen molar-refractivity contribution in [1.82, 2.24) is 24.0 Å². The van der Waals surface area contributed by atoms with Gasteiger partial charge in [0.05, 0.1) is 16.3 Å². The number of hydroxylamine groups is 2. The number of halogens is 5. The van der Waals surface area contributed by atoms with E-state index in [0.29, 0.717) is 6.07 Å². The fourth-order valence-corrected chi connectivity index (χ4v) is 3.15. The third-order valence-electron chi connectivity index (χ3n) is 4.38. The first-order chi connectivity index (χ1) is 15.1. The van der Waals surface area contributed by atoms with E-state index in [1.807, 2.05) is 13.8 Å². The Labute approximate surface area is 207 Å². The minimum absolute atomic E-state index is 0. The maximum Gasteiger partial charge on any atom is 0.431 e. The van der Waals surface area contributed by atoms with Gasteiger partial charge in [-0.15, -0.1) is 4.41 Å². The molecule has 0 aliphatic carbocycles. The molecule has 190 valence electrons. The van der Waals surface area contributed by atoms with Crippen LogP contribution in [0.4, 0.5) is 17.6 Å². The highest BCUT2D eigenvalue weighted by atomic mass is 35.5. The van der Waals surface area contributed by atoms with Crippen LogP contribution >= 0.6 is 37.3 Å². The molecule has 16 heteroatoms. The van der Waals surface area contributed by atoms with E-state index in [-0.39, 0.29) is 45.3 Å². The van der Waals surface area contributed by atoms with Gasteiger partial charge in [-0.05, 0) is 26.0 Å². The molecular weight excluding hydrogens is 526 g/mol. The topological polar surface area (TPSA) is 88.8 Å². The van der Waals surface area contributed by atoms with Gasteiger partial charge in [-0.2, -0.15) is 31.7 Å². The minimum Gasteiger partial charge on any atom is -0.292 e. The summed E-state index contributed by atoms with van der Waals surface area (Å²) >= 11 is 6.70. The molecule has 9 nitrogen and oxygen atoms in total. The summed E-state index contributed by atoms with van der Waals surface area (Å²) in [7, 11) is 3.88. The summed E-state index contributed by atoms with van der Waals surface area (Å²) in [6, 6.07) is 1.66. The van der Waals surface area contributed by atoms with Crippen LogP contribution < -0.4 is 16.7 Å². The summed E-state index contributed by atoms with van der Waals surface area (Å²) in [5.41, 5.74) is -3.10. The van der Waals surface area contributed by atoms with Crippen molar-refractivity contribution in [2.75, 3.05) is 14.1 Å². The van der Waals surface area contributed by atoms with Gasteiger partial charge in [0.25, 0.3) is 11.5 Å². The number of carbonyl (C=O) groups is 1. The predicted octanol–water partition coefficient (Wildman–Crippen LogP) is 2.87. The van der Waals surface area contributed by atoms with Crippen molar-refractivity contribution in [2.24, 2.45) is 7.05 Å². The number of hydrogen-bond donors (Lipinski definition) is 1. The van der Waals surface area contributed by atoms with Gasteiger partial charge >= 0.3 is 11.9 Å². The molecule has 1 N–H and O–H groups in total. The summed E-state index contributed by atoms with van der Waals surface area (Å²) in [5, 5.41) is 1.15. The molecule has 1 amide bonds. The molecule has 1 aromatic carbocycles. The molecule has 0 aliphatic heterocycles. The van der Waals surface area contributed by atoms with Gasteiger partial charge in [-0.25, -0.2) is 18.0 Å². The Morgan fingerprint density at radius 2 is 1.79 bits per heavy atom. The molecule has 1 heterocycles. The van der Waals surface area contributed by atoms with Crippen LogP contribution in [0.5, 0.6) is 0 Å². The molecule has 0 spiro atoms. The zero-order valence-electron chi connectivity index (χ0n) is 18.5. The van der Waals surface area contributed by atoms with Crippen molar-refractivity contribution in [3.05, 3.63) is 61.1 Å². The SMILES string of the molecule is CC(C)N(C)OSN(C)NC(=O)c1cc(-n2c(=O)cc(C(F)(F)F)n(C)c2=O)c(F)cc1Cl.S. The maximum atomic E-state index is 14.6. The van der Waals surface area contributed by atoms with Crippen LogP contribution in [0.2, 0.25) is 5.02 Å². The lowest BCUT2D eigenvalue weighted by Gasteiger charge is -2.22. The second-order valence-corrected chi connectivity index (χ2v) is 8.31. The lowest BCUT2D eigenvalue weighted by molar-refractivity contribution is -0.144. The van der Waals surface area contributed by atoms with Crippen molar-refractivity contribution in [2.45, 2.75) is 26.1 Å². The highest BCUT2D eigenvalue weighted by Gasteiger charge is 2.35. The average molecular weight is 548 g/mol. The highest BCUT2D eigenvalue weighted by molar-refractivity contribution is 7.92. The molecule has 1 aromatic heterocycles. The number of amides is 1. The molecule has 0 bridgehead atoms. The quantitative estimate of drug-likeness (QED) is 0.247. The molecule has 0 atom stereocenters. The first-order valence-electron chi connectivity index (χ1n) is 9.17. The van der Waals surface area contributed by atoms with E-state index in [1.54, 1.807) is 7.05 Å². The maximum absolute atomic E-state index is 14.6. The van der Waals surface area contributed by atoms with Crippen molar-refractivity contribution in [1.29, 1.82) is 0 Å². The number of nitrogens with zero attached hydrogens (tertiary/aromatic N) is 4. The number of nitrogens with one attached hydrogen (secondary N) is 1. The molecule has 0 saturated carbocycles. The number of hydrogen-bond acceptors (Lipinski definition) is 7. The van der Waals surface area contributed by atoms with Gasteiger partial charge in [0.1, 0.15) is 23.7 Å². The summed E-state index contributed by atoms with van der Waals surface area (Å²) in [5.74, 6) is -2.05. The van der Waals surface area contributed by atoms with E-state index in [4.69, 9.17) is 15.9 Å². The fraction of sp³-hybridized carbons (Fsp3) is 0.389. The van der Waals surface area contributed by atoms with Gasteiger partial charge in [0.15, 0.2) is 0 Å². The van der Waals surface area contributed by atoms with E-state index >= 15 is 0 Å². The van der Waals surface area contributed by atoms with Gasteiger partial charge in [0.2, 0.25) is 0 Å². The zero-order chi connectivity index (χ0) is 25.2. The molecule has 0 fully saturated rings. The molecule has 0 unspecified atom stereocenters. The van der Waals surface area contributed by atoms with Crippen molar-refractivity contribution in [3.63, 3.8) is 0 Å². The molecule has 2 rings (SSSR count). The van der Waals surface area contributed by atoms with E-state index in [9.17, 15) is 31.9 Å². The first kappa shape index (κ1) is 30.0. The predicted molar refractivity (Wildman–Crippen MR) is 124 cm³/mol. The van der Waals surface area contributed by atoms with Gasteiger partial charge in [-0.3, -0.25) is 19.6 Å². The number of benzene rings is 1. The Morgan fingerprint density at radius 1 is 1.21 bits per heavy atom. The van der Waals surface area contributed by atoms with Gasteiger partial charge in [-0.1, -0.05) is 11.6 Å². The number of rotatable bonds is 7. The number of hydrazine groups is 1. The van der Waals surface area contributed by atoms with Crippen molar-refractivity contribution in [3.8, 4) is 5.69 Å². The minimum atomic E-state index is -4.98. The Morgan fingerprint density at radius 3 is 2.32 bits per heavy atom. The average Bonchev–Trinajstić information content (AvgIpc) is 2.69. The zero-order valence-corrected chi connectivity index (χ0v) is 21.1. The molecular formula is C18H22ClF4N5O4S2. The lowest BCUT2D eigenvalue weighted by Crippen LogP contribution is -2.41. The third kappa shape index (κ3) is 6.76. The van der Waals surface area contributed by atoms with Crippen LogP contribution in [0.3, 0.4) is 0 Å². The van der Waals surface area contributed by atoms with Crippen LogP contribution in [0, 0.1) is 5.82 Å². The number of carbonyl (C=O) groups excluding carboxylic acids is 1. The smallest absolute Gasteiger partial charge is 0.292 e. The normalized spacial score (nSPS) is 11.8. The van der Waals surface area contributed by atoms with Crippen molar-refractivity contribution < 1.29 is 26.6 Å². The second kappa shape index (κ2) is 11.6. The van der Waals surface area contributed by atoms with E-state index < -0.39 is 40.5 Å².